The molecule has 7 heteroatoms. The molecule has 0 saturated heterocycles. The molecule has 0 spiro atoms. The third-order valence-corrected chi connectivity index (χ3v) is 2.95. The minimum absolute atomic E-state index is 0.0446. The van der Waals surface area contributed by atoms with Crippen molar-refractivity contribution in [1.82, 2.24) is 4.98 Å². The summed E-state index contributed by atoms with van der Waals surface area (Å²) in [5.74, 6) is -0.728. The highest BCUT2D eigenvalue weighted by molar-refractivity contribution is 14.1. The zero-order valence-corrected chi connectivity index (χ0v) is 11.2. The van der Waals surface area contributed by atoms with E-state index in [9.17, 15) is 13.6 Å². The maximum Gasteiger partial charge on any atom is 0.357 e. The van der Waals surface area contributed by atoms with Gasteiger partial charge < -0.3 is 10.5 Å². The Morgan fingerprint density at radius 3 is 2.76 bits per heavy atom. The second kappa shape index (κ2) is 6.20. The molecule has 94 valence electrons. The van der Waals surface area contributed by atoms with E-state index in [0.717, 1.165) is 0 Å². The first kappa shape index (κ1) is 14.2. The minimum Gasteiger partial charge on any atom is -0.461 e. The van der Waals surface area contributed by atoms with Gasteiger partial charge >= 0.3 is 5.97 Å². The average Bonchev–Trinajstić information content (AvgIpc) is 2.28. The van der Waals surface area contributed by atoms with Crippen LogP contribution in [-0.2, 0) is 11.3 Å². The van der Waals surface area contributed by atoms with Crippen LogP contribution in [0, 0.1) is 3.57 Å². The molecule has 0 atom stereocenters. The first-order valence-electron chi connectivity index (χ1n) is 4.85. The van der Waals surface area contributed by atoms with Crippen molar-refractivity contribution in [3.63, 3.8) is 0 Å². The second-order valence-corrected chi connectivity index (χ2v) is 4.24. The molecule has 0 unspecified atom stereocenters. The molecule has 2 N–H and O–H groups in total. The summed E-state index contributed by atoms with van der Waals surface area (Å²) in [5.41, 5.74) is 5.32. The number of ether oxygens (including phenoxy) is 1. The van der Waals surface area contributed by atoms with Gasteiger partial charge in [0.25, 0.3) is 6.43 Å². The van der Waals surface area contributed by atoms with E-state index in [-0.39, 0.29) is 18.8 Å². The zero-order chi connectivity index (χ0) is 13.0. The fraction of sp³-hybridized carbons (Fsp3) is 0.400. The van der Waals surface area contributed by atoms with Gasteiger partial charge in [0.15, 0.2) is 5.69 Å². The Morgan fingerprint density at radius 1 is 1.65 bits per heavy atom. The molecule has 0 aromatic carbocycles. The smallest absolute Gasteiger partial charge is 0.357 e. The number of hydrogen-bond acceptors (Lipinski definition) is 4. The lowest BCUT2D eigenvalue weighted by atomic mass is 10.1. The van der Waals surface area contributed by atoms with Gasteiger partial charge in [-0.15, -0.1) is 0 Å². The van der Waals surface area contributed by atoms with Gasteiger partial charge in [-0.2, -0.15) is 0 Å². The fourth-order valence-electron chi connectivity index (χ4n) is 1.23. The maximum absolute atomic E-state index is 12.6. The van der Waals surface area contributed by atoms with Gasteiger partial charge in [0.1, 0.15) is 5.69 Å². The van der Waals surface area contributed by atoms with E-state index in [1.165, 1.54) is 6.07 Å². The highest BCUT2D eigenvalue weighted by Gasteiger charge is 2.20. The van der Waals surface area contributed by atoms with Crippen LogP contribution in [0.1, 0.15) is 35.1 Å². The van der Waals surface area contributed by atoms with Crippen LogP contribution in [0.3, 0.4) is 0 Å². The summed E-state index contributed by atoms with van der Waals surface area (Å²) < 4.78 is 30.4. The molecule has 0 fully saturated rings. The summed E-state index contributed by atoms with van der Waals surface area (Å²) in [4.78, 5) is 15.2. The highest BCUT2D eigenvalue weighted by atomic mass is 127. The average molecular weight is 356 g/mol. The summed E-state index contributed by atoms with van der Waals surface area (Å²) >= 11 is 1.85. The number of nitrogens with two attached hydrogens (primary N) is 1. The van der Waals surface area contributed by atoms with Crippen LogP contribution < -0.4 is 5.73 Å². The van der Waals surface area contributed by atoms with Gasteiger partial charge in [-0.25, -0.2) is 18.6 Å². The van der Waals surface area contributed by atoms with E-state index in [2.05, 4.69) is 4.98 Å². The predicted octanol–water partition coefficient (Wildman–Crippen LogP) is 2.26. The molecule has 17 heavy (non-hydrogen) atoms. The van der Waals surface area contributed by atoms with Gasteiger partial charge in [-0.3, -0.25) is 0 Å². The van der Waals surface area contributed by atoms with Crippen molar-refractivity contribution < 1.29 is 18.3 Å². The Bertz CT molecular complexity index is 427. The molecule has 0 aliphatic rings. The molecule has 0 aliphatic heterocycles. The number of rotatable bonds is 4. The molecule has 0 bridgehead atoms. The Labute approximate surface area is 111 Å². The summed E-state index contributed by atoms with van der Waals surface area (Å²) in [6.07, 6.45) is -2.73. The van der Waals surface area contributed by atoms with Crippen molar-refractivity contribution in [3.05, 3.63) is 26.6 Å². The molecule has 0 aliphatic carbocycles. The van der Waals surface area contributed by atoms with Gasteiger partial charge in [0, 0.05) is 15.7 Å². The van der Waals surface area contributed by atoms with E-state index in [1.54, 1.807) is 6.92 Å². The Morgan fingerprint density at radius 2 is 2.29 bits per heavy atom. The second-order valence-electron chi connectivity index (χ2n) is 3.08. The largest absolute Gasteiger partial charge is 0.461 e. The van der Waals surface area contributed by atoms with Crippen molar-refractivity contribution in [3.8, 4) is 0 Å². The van der Waals surface area contributed by atoms with Gasteiger partial charge in [0.2, 0.25) is 0 Å². The maximum atomic E-state index is 12.6. The molecule has 4 nitrogen and oxygen atoms in total. The van der Waals surface area contributed by atoms with E-state index in [0.29, 0.717) is 9.13 Å². The number of esters is 1. The van der Waals surface area contributed by atoms with Crippen molar-refractivity contribution in [1.29, 1.82) is 0 Å². The number of carbonyl (C=O) groups is 1. The molecule has 1 aromatic heterocycles. The minimum atomic E-state index is -2.73. The molecule has 1 heterocycles. The topological polar surface area (TPSA) is 65.2 Å². The molecule has 0 saturated carbocycles. The van der Waals surface area contributed by atoms with E-state index in [1.807, 2.05) is 22.6 Å². The molecule has 1 rings (SSSR count). The Hall–Kier alpha value is -0.830. The quantitative estimate of drug-likeness (QED) is 0.664. The van der Waals surface area contributed by atoms with E-state index in [4.69, 9.17) is 10.5 Å². The lowest BCUT2D eigenvalue weighted by Crippen LogP contribution is -2.16. The number of pyridine rings is 1. The first-order valence-corrected chi connectivity index (χ1v) is 5.93. The van der Waals surface area contributed by atoms with Crippen molar-refractivity contribution in [2.45, 2.75) is 19.9 Å². The van der Waals surface area contributed by atoms with Crippen molar-refractivity contribution in [2.24, 2.45) is 5.73 Å². The van der Waals surface area contributed by atoms with Crippen LogP contribution in [0.5, 0.6) is 0 Å². The lowest BCUT2D eigenvalue weighted by Gasteiger charge is -2.10. The number of nitrogens with zero attached hydrogens (tertiary/aromatic N) is 1. The summed E-state index contributed by atoms with van der Waals surface area (Å²) in [6, 6.07) is 1.22. The first-order chi connectivity index (χ1) is 8.01. The molecule has 0 amide bonds. The Balaban J connectivity index is 3.28. The third-order valence-electron chi connectivity index (χ3n) is 1.99. The van der Waals surface area contributed by atoms with Crippen LogP contribution in [0.15, 0.2) is 6.07 Å². The number of carbonyl (C=O) groups excluding carboxylic acids is 1. The summed E-state index contributed by atoms with van der Waals surface area (Å²) in [6.45, 7) is 1.82. The summed E-state index contributed by atoms with van der Waals surface area (Å²) in [7, 11) is 0. The Kier molecular flexibility index (Phi) is 5.19. The zero-order valence-electron chi connectivity index (χ0n) is 9.04. The SMILES string of the molecule is CCOC(=O)c1nc(C(F)F)cc(I)c1CN. The number of aromatic nitrogens is 1. The highest BCUT2D eigenvalue weighted by Crippen LogP contribution is 2.23. The van der Waals surface area contributed by atoms with Crippen LogP contribution in [0.2, 0.25) is 0 Å². The van der Waals surface area contributed by atoms with Gasteiger partial charge in [-0.05, 0) is 35.6 Å². The standard InChI is InChI=1S/C10H11F2IN2O2/c1-2-17-10(16)8-5(4-14)6(13)3-7(15-8)9(11)12/h3,9H,2,4,14H2,1H3. The van der Waals surface area contributed by atoms with Crippen LogP contribution >= 0.6 is 22.6 Å². The van der Waals surface area contributed by atoms with Crippen LogP contribution in [-0.4, -0.2) is 17.6 Å². The third kappa shape index (κ3) is 3.32. The predicted molar refractivity (Wildman–Crippen MR) is 65.8 cm³/mol. The molecular weight excluding hydrogens is 345 g/mol. The summed E-state index contributed by atoms with van der Waals surface area (Å²) in [5, 5.41) is 0. The number of hydrogen-bond donors (Lipinski definition) is 1. The van der Waals surface area contributed by atoms with Crippen molar-refractivity contribution in [2.75, 3.05) is 6.61 Å². The van der Waals surface area contributed by atoms with Crippen LogP contribution in [0.25, 0.3) is 0 Å². The fourth-order valence-corrected chi connectivity index (χ4v) is 2.03. The van der Waals surface area contributed by atoms with Gasteiger partial charge in [-0.1, -0.05) is 0 Å². The lowest BCUT2D eigenvalue weighted by molar-refractivity contribution is 0.0516. The van der Waals surface area contributed by atoms with E-state index < -0.39 is 18.1 Å². The number of halogens is 3. The number of alkyl halides is 2. The molecule has 0 radical (unpaired) electrons. The van der Waals surface area contributed by atoms with Gasteiger partial charge in [0.05, 0.1) is 6.61 Å². The monoisotopic (exact) mass is 356 g/mol. The molecular formula is C10H11F2IN2O2. The van der Waals surface area contributed by atoms with E-state index >= 15 is 0 Å². The molecule has 1 aromatic rings. The van der Waals surface area contributed by atoms with Crippen molar-refractivity contribution >= 4 is 28.6 Å². The normalized spacial score (nSPS) is 10.7. The van der Waals surface area contributed by atoms with Crippen LogP contribution in [0.4, 0.5) is 8.78 Å².